The molecule has 0 aromatic heterocycles. The monoisotopic (exact) mass is 204 g/mol. The highest BCUT2D eigenvalue weighted by Crippen LogP contribution is 2.31. The summed E-state index contributed by atoms with van der Waals surface area (Å²) >= 11 is 0. The second-order valence-corrected chi connectivity index (χ2v) is 6.19. The van der Waals surface area contributed by atoms with Crippen LogP contribution in [0.1, 0.15) is 32.6 Å². The molecule has 1 aliphatic rings. The molecule has 0 aliphatic carbocycles. The summed E-state index contributed by atoms with van der Waals surface area (Å²) in [6.07, 6.45) is 4.52. The third-order valence-electron chi connectivity index (χ3n) is 2.84. The molecule has 4 heteroatoms. The summed E-state index contributed by atoms with van der Waals surface area (Å²) in [6, 6.07) is 0. The number of hydrogen-bond donors (Lipinski definition) is 0. The van der Waals surface area contributed by atoms with E-state index in [1.165, 1.54) is 12.8 Å². The molecule has 0 radical (unpaired) electrons. The minimum absolute atomic E-state index is 0.0677. The fourth-order valence-electron chi connectivity index (χ4n) is 2.03. The molecule has 1 saturated heterocycles. The van der Waals surface area contributed by atoms with Gasteiger partial charge in [-0.25, -0.2) is 0 Å². The maximum Gasteiger partial charge on any atom is 0.354 e. The molecule has 0 spiro atoms. The first kappa shape index (κ1) is 11.2. The van der Waals surface area contributed by atoms with Crippen LogP contribution < -0.4 is 0 Å². The van der Waals surface area contributed by atoms with E-state index in [1.54, 1.807) is 14.2 Å². The average Bonchev–Trinajstić information content (AvgIpc) is 2.21. The summed E-state index contributed by atoms with van der Waals surface area (Å²) < 4.78 is 16.7. The SMILES string of the molecule is CCC1([SiH](OC)OC)CCCCO1. The second kappa shape index (κ2) is 5.10. The zero-order valence-electron chi connectivity index (χ0n) is 8.84. The van der Waals surface area contributed by atoms with Crippen LogP contribution in [0.3, 0.4) is 0 Å². The molecule has 3 nitrogen and oxygen atoms in total. The summed E-state index contributed by atoms with van der Waals surface area (Å²) in [7, 11) is 1.83. The van der Waals surface area contributed by atoms with Gasteiger partial charge < -0.3 is 13.6 Å². The van der Waals surface area contributed by atoms with Crippen LogP contribution >= 0.6 is 0 Å². The van der Waals surface area contributed by atoms with Gasteiger partial charge in [0.1, 0.15) is 5.22 Å². The van der Waals surface area contributed by atoms with Gasteiger partial charge in [0.2, 0.25) is 0 Å². The Morgan fingerprint density at radius 3 is 2.38 bits per heavy atom. The topological polar surface area (TPSA) is 27.7 Å². The van der Waals surface area contributed by atoms with Crippen molar-refractivity contribution in [3.63, 3.8) is 0 Å². The molecule has 1 atom stereocenters. The first-order chi connectivity index (χ1) is 6.29. The Morgan fingerprint density at radius 1 is 1.31 bits per heavy atom. The molecule has 0 saturated carbocycles. The molecule has 1 heterocycles. The van der Waals surface area contributed by atoms with E-state index in [2.05, 4.69) is 6.92 Å². The molecule has 0 N–H and O–H groups in total. The van der Waals surface area contributed by atoms with Crippen LogP contribution in [0, 0.1) is 0 Å². The van der Waals surface area contributed by atoms with E-state index >= 15 is 0 Å². The lowest BCUT2D eigenvalue weighted by atomic mass is 10.1. The first-order valence-electron chi connectivity index (χ1n) is 4.98. The van der Waals surface area contributed by atoms with Gasteiger partial charge in [0.05, 0.1) is 0 Å². The highest BCUT2D eigenvalue weighted by Gasteiger charge is 2.43. The lowest BCUT2D eigenvalue weighted by molar-refractivity contribution is -0.0488. The summed E-state index contributed by atoms with van der Waals surface area (Å²) in [4.78, 5) is 0. The maximum absolute atomic E-state index is 5.87. The quantitative estimate of drug-likeness (QED) is 0.648. The third-order valence-corrected chi connectivity index (χ3v) is 5.42. The van der Waals surface area contributed by atoms with Crippen LogP contribution in [0.4, 0.5) is 0 Å². The normalized spacial score (nSPS) is 29.5. The smallest absolute Gasteiger partial charge is 0.354 e. The zero-order chi connectivity index (χ0) is 9.73. The van der Waals surface area contributed by atoms with Gasteiger partial charge in [0.25, 0.3) is 0 Å². The summed E-state index contributed by atoms with van der Waals surface area (Å²) in [6.45, 7) is 3.02. The predicted octanol–water partition coefficient (Wildman–Crippen LogP) is 1.39. The number of rotatable bonds is 4. The van der Waals surface area contributed by atoms with Gasteiger partial charge in [-0.05, 0) is 25.7 Å². The Balaban J connectivity index is 2.64. The van der Waals surface area contributed by atoms with Crippen molar-refractivity contribution in [2.75, 3.05) is 20.8 Å². The predicted molar refractivity (Wildman–Crippen MR) is 54.0 cm³/mol. The van der Waals surface area contributed by atoms with Crippen molar-refractivity contribution in [3.05, 3.63) is 0 Å². The molecule has 0 aromatic rings. The van der Waals surface area contributed by atoms with Crippen LogP contribution in [0.2, 0.25) is 0 Å². The summed E-state index contributed by atoms with van der Waals surface area (Å²) in [5.41, 5.74) is 0. The van der Waals surface area contributed by atoms with Gasteiger partial charge in [0, 0.05) is 20.8 Å². The summed E-state index contributed by atoms with van der Waals surface area (Å²) in [5, 5.41) is -0.0677. The van der Waals surface area contributed by atoms with Crippen molar-refractivity contribution in [2.45, 2.75) is 37.8 Å². The van der Waals surface area contributed by atoms with Gasteiger partial charge in [-0.1, -0.05) is 6.92 Å². The molecule has 0 aromatic carbocycles. The van der Waals surface area contributed by atoms with Crippen LogP contribution in [-0.4, -0.2) is 35.3 Å². The first-order valence-corrected chi connectivity index (χ1v) is 6.50. The van der Waals surface area contributed by atoms with E-state index in [1.807, 2.05) is 0 Å². The van der Waals surface area contributed by atoms with Gasteiger partial charge in [-0.3, -0.25) is 0 Å². The van der Waals surface area contributed by atoms with Crippen molar-refractivity contribution < 1.29 is 13.6 Å². The van der Waals surface area contributed by atoms with E-state index in [0.717, 1.165) is 19.4 Å². The molecule has 1 fully saturated rings. The fourth-order valence-corrected chi connectivity index (χ4v) is 4.11. The third kappa shape index (κ3) is 2.31. The number of hydrogen-bond acceptors (Lipinski definition) is 3. The molecule has 78 valence electrons. The Kier molecular flexibility index (Phi) is 4.38. The molecule has 1 unspecified atom stereocenters. The van der Waals surface area contributed by atoms with E-state index in [9.17, 15) is 0 Å². The molecule has 1 rings (SSSR count). The van der Waals surface area contributed by atoms with Crippen molar-refractivity contribution in [1.29, 1.82) is 0 Å². The molecular formula is C9H20O3Si. The highest BCUT2D eigenvalue weighted by molar-refractivity contribution is 6.48. The zero-order valence-corrected chi connectivity index (χ0v) is 9.99. The van der Waals surface area contributed by atoms with E-state index < -0.39 is 9.28 Å². The highest BCUT2D eigenvalue weighted by atomic mass is 28.3. The lowest BCUT2D eigenvalue weighted by Crippen LogP contribution is -2.52. The van der Waals surface area contributed by atoms with Crippen molar-refractivity contribution in [3.8, 4) is 0 Å². The standard InChI is InChI=1S/C9H20O3Si/c1-4-9(13(10-2)11-3)7-5-6-8-12-9/h13H,4-8H2,1-3H3. The molecule has 13 heavy (non-hydrogen) atoms. The summed E-state index contributed by atoms with van der Waals surface area (Å²) in [5.74, 6) is 0. The van der Waals surface area contributed by atoms with E-state index in [-0.39, 0.29) is 5.22 Å². The lowest BCUT2D eigenvalue weighted by Gasteiger charge is -2.39. The van der Waals surface area contributed by atoms with Gasteiger partial charge in [-0.15, -0.1) is 0 Å². The Hall–Kier alpha value is 0.0969. The van der Waals surface area contributed by atoms with Gasteiger partial charge in [-0.2, -0.15) is 0 Å². The van der Waals surface area contributed by atoms with E-state index in [4.69, 9.17) is 13.6 Å². The van der Waals surface area contributed by atoms with Crippen LogP contribution in [0.15, 0.2) is 0 Å². The molecular weight excluding hydrogens is 184 g/mol. The van der Waals surface area contributed by atoms with E-state index in [0.29, 0.717) is 0 Å². The van der Waals surface area contributed by atoms with Crippen LogP contribution in [-0.2, 0) is 13.6 Å². The minimum Gasteiger partial charge on any atom is -0.398 e. The van der Waals surface area contributed by atoms with Gasteiger partial charge >= 0.3 is 9.28 Å². The van der Waals surface area contributed by atoms with Crippen molar-refractivity contribution >= 4 is 9.28 Å². The Bertz CT molecular complexity index is 142. The fraction of sp³-hybridized carbons (Fsp3) is 1.00. The van der Waals surface area contributed by atoms with Crippen LogP contribution in [0.25, 0.3) is 0 Å². The number of ether oxygens (including phenoxy) is 1. The van der Waals surface area contributed by atoms with Crippen molar-refractivity contribution in [1.82, 2.24) is 0 Å². The minimum atomic E-state index is -1.63. The average molecular weight is 204 g/mol. The molecule has 0 amide bonds. The molecule has 0 bridgehead atoms. The maximum atomic E-state index is 5.87. The Morgan fingerprint density at radius 2 is 2.00 bits per heavy atom. The molecule has 1 aliphatic heterocycles. The van der Waals surface area contributed by atoms with Gasteiger partial charge in [0.15, 0.2) is 0 Å². The van der Waals surface area contributed by atoms with Crippen LogP contribution in [0.5, 0.6) is 0 Å². The largest absolute Gasteiger partial charge is 0.398 e. The van der Waals surface area contributed by atoms with Crippen molar-refractivity contribution in [2.24, 2.45) is 0 Å². The Labute approximate surface area is 82.2 Å². The second-order valence-electron chi connectivity index (χ2n) is 3.53.